The van der Waals surface area contributed by atoms with Crippen LogP contribution in [0, 0.1) is 0 Å². The maximum atomic E-state index is 10.9. The standard InChI is InChI=1S/C21H16N4O3S/c1-28-16-8-6-14(7-9-16)18-10-17-19(29-18)20(23-12-22-17)25-24-11-13-2-4-15(5-3-13)21(26)27/h2-12H,1H3,(H,26,27)(H,22,23,25). The summed E-state index contributed by atoms with van der Waals surface area (Å²) in [6.45, 7) is 0. The van der Waals surface area contributed by atoms with Gasteiger partial charge in [0, 0.05) is 4.88 Å². The van der Waals surface area contributed by atoms with Gasteiger partial charge in [-0.05, 0) is 53.6 Å². The Kier molecular flexibility index (Phi) is 5.17. The molecular weight excluding hydrogens is 388 g/mol. The second-order valence-electron chi connectivity index (χ2n) is 6.07. The minimum absolute atomic E-state index is 0.234. The first kappa shape index (κ1) is 18.6. The zero-order valence-corrected chi connectivity index (χ0v) is 16.2. The third kappa shape index (κ3) is 4.07. The zero-order chi connectivity index (χ0) is 20.2. The van der Waals surface area contributed by atoms with Gasteiger partial charge in [0.1, 0.15) is 12.1 Å². The van der Waals surface area contributed by atoms with E-state index in [4.69, 9.17) is 9.84 Å². The highest BCUT2D eigenvalue weighted by molar-refractivity contribution is 7.22. The van der Waals surface area contributed by atoms with E-state index >= 15 is 0 Å². The van der Waals surface area contributed by atoms with E-state index in [1.807, 2.05) is 30.3 Å². The van der Waals surface area contributed by atoms with E-state index in [0.717, 1.165) is 32.0 Å². The summed E-state index contributed by atoms with van der Waals surface area (Å²) in [5, 5.41) is 13.2. The Morgan fingerprint density at radius 3 is 2.59 bits per heavy atom. The monoisotopic (exact) mass is 404 g/mol. The SMILES string of the molecule is COc1ccc(-c2cc3ncnc(NN=Cc4ccc(C(=O)O)cc4)c3s2)cc1. The molecule has 0 unspecified atom stereocenters. The highest BCUT2D eigenvalue weighted by Crippen LogP contribution is 2.36. The predicted octanol–water partition coefficient (Wildman–Crippen LogP) is 4.51. The summed E-state index contributed by atoms with van der Waals surface area (Å²) in [4.78, 5) is 20.6. The molecule has 29 heavy (non-hydrogen) atoms. The van der Waals surface area contributed by atoms with Crippen molar-refractivity contribution in [3.63, 3.8) is 0 Å². The number of hydrogen-bond acceptors (Lipinski definition) is 7. The second kappa shape index (κ2) is 8.07. The summed E-state index contributed by atoms with van der Waals surface area (Å²) in [5.41, 5.74) is 5.86. The fourth-order valence-electron chi connectivity index (χ4n) is 2.71. The number of aromatic carboxylic acids is 1. The van der Waals surface area contributed by atoms with Crippen LogP contribution in [0.1, 0.15) is 15.9 Å². The molecule has 0 aliphatic carbocycles. The Balaban J connectivity index is 1.55. The fraction of sp³-hybridized carbons (Fsp3) is 0.0476. The van der Waals surface area contributed by atoms with Crippen LogP contribution in [-0.2, 0) is 0 Å². The third-order valence-electron chi connectivity index (χ3n) is 4.23. The van der Waals surface area contributed by atoms with E-state index in [0.29, 0.717) is 5.82 Å². The van der Waals surface area contributed by atoms with Crippen molar-refractivity contribution < 1.29 is 14.6 Å². The Morgan fingerprint density at radius 2 is 1.90 bits per heavy atom. The van der Waals surface area contributed by atoms with Crippen LogP contribution in [0.25, 0.3) is 20.7 Å². The minimum atomic E-state index is -0.958. The van der Waals surface area contributed by atoms with E-state index in [9.17, 15) is 4.79 Å². The first-order valence-electron chi connectivity index (χ1n) is 8.65. The molecule has 2 N–H and O–H groups in total. The van der Waals surface area contributed by atoms with Crippen molar-refractivity contribution in [2.75, 3.05) is 12.5 Å². The number of carbonyl (C=O) groups is 1. The van der Waals surface area contributed by atoms with Gasteiger partial charge in [-0.2, -0.15) is 5.10 Å². The molecule has 0 bridgehead atoms. The summed E-state index contributed by atoms with van der Waals surface area (Å²) < 4.78 is 6.11. The van der Waals surface area contributed by atoms with Crippen LogP contribution in [0.15, 0.2) is 66.0 Å². The molecule has 7 nitrogen and oxygen atoms in total. The van der Waals surface area contributed by atoms with Crippen molar-refractivity contribution in [3.8, 4) is 16.2 Å². The topological polar surface area (TPSA) is 96.7 Å². The Morgan fingerprint density at radius 1 is 1.14 bits per heavy atom. The second-order valence-corrected chi connectivity index (χ2v) is 7.13. The molecule has 0 spiro atoms. The largest absolute Gasteiger partial charge is 0.497 e. The van der Waals surface area contributed by atoms with Crippen LogP contribution < -0.4 is 10.2 Å². The number of ether oxygens (including phenoxy) is 1. The normalized spacial score (nSPS) is 11.1. The molecule has 8 heteroatoms. The maximum absolute atomic E-state index is 10.9. The number of methoxy groups -OCH3 is 1. The Hall–Kier alpha value is -3.78. The number of nitrogens with one attached hydrogen (secondary N) is 1. The van der Waals surface area contributed by atoms with Crippen molar-refractivity contribution in [1.82, 2.24) is 9.97 Å². The molecule has 0 saturated heterocycles. The summed E-state index contributed by atoms with van der Waals surface area (Å²) in [7, 11) is 1.64. The molecule has 4 rings (SSSR count). The van der Waals surface area contributed by atoms with Gasteiger partial charge in [0.15, 0.2) is 5.82 Å². The van der Waals surface area contributed by atoms with Crippen LogP contribution in [-0.4, -0.2) is 34.4 Å². The molecule has 0 aliphatic heterocycles. The third-order valence-corrected chi connectivity index (χ3v) is 5.41. The minimum Gasteiger partial charge on any atom is -0.497 e. The number of benzene rings is 2. The molecular formula is C21H16N4O3S. The van der Waals surface area contributed by atoms with Crippen LogP contribution in [0.5, 0.6) is 5.75 Å². The molecule has 0 atom stereocenters. The van der Waals surface area contributed by atoms with Gasteiger partial charge in [-0.1, -0.05) is 12.1 Å². The molecule has 4 aromatic rings. The quantitative estimate of drug-likeness (QED) is 0.362. The Labute approximate surface area is 170 Å². The lowest BCUT2D eigenvalue weighted by Crippen LogP contribution is -1.97. The number of thiophene rings is 1. The molecule has 2 aromatic heterocycles. The van der Waals surface area contributed by atoms with Crippen molar-refractivity contribution in [3.05, 3.63) is 72.1 Å². The lowest BCUT2D eigenvalue weighted by atomic mass is 10.1. The number of nitrogens with zero attached hydrogens (tertiary/aromatic N) is 3. The number of fused-ring (bicyclic) bond motifs is 1. The van der Waals surface area contributed by atoms with Gasteiger partial charge < -0.3 is 9.84 Å². The van der Waals surface area contributed by atoms with Crippen LogP contribution in [0.3, 0.4) is 0 Å². The molecule has 0 aliphatic rings. The first-order chi connectivity index (χ1) is 14.1. The number of hydrogen-bond donors (Lipinski definition) is 2. The van der Waals surface area contributed by atoms with E-state index in [-0.39, 0.29) is 5.56 Å². The van der Waals surface area contributed by atoms with Crippen molar-refractivity contribution in [2.45, 2.75) is 0 Å². The van der Waals surface area contributed by atoms with Gasteiger partial charge in [-0.3, -0.25) is 5.43 Å². The summed E-state index contributed by atoms with van der Waals surface area (Å²) in [5.74, 6) is 0.459. The number of carboxylic acids is 1. The summed E-state index contributed by atoms with van der Waals surface area (Å²) in [6, 6.07) is 16.3. The zero-order valence-electron chi connectivity index (χ0n) is 15.4. The number of aromatic nitrogens is 2. The maximum Gasteiger partial charge on any atom is 0.335 e. The van der Waals surface area contributed by atoms with E-state index in [1.54, 1.807) is 36.8 Å². The van der Waals surface area contributed by atoms with Crippen molar-refractivity contribution >= 4 is 39.6 Å². The highest BCUT2D eigenvalue weighted by Gasteiger charge is 2.10. The van der Waals surface area contributed by atoms with Gasteiger partial charge in [-0.15, -0.1) is 11.3 Å². The van der Waals surface area contributed by atoms with Gasteiger partial charge in [0.05, 0.1) is 29.1 Å². The van der Waals surface area contributed by atoms with Crippen LogP contribution >= 0.6 is 11.3 Å². The molecule has 2 heterocycles. The number of rotatable bonds is 6. The van der Waals surface area contributed by atoms with Crippen molar-refractivity contribution in [1.29, 1.82) is 0 Å². The van der Waals surface area contributed by atoms with Crippen molar-refractivity contribution in [2.24, 2.45) is 5.10 Å². The predicted molar refractivity (Wildman–Crippen MR) is 114 cm³/mol. The van der Waals surface area contributed by atoms with Gasteiger partial charge in [0.2, 0.25) is 0 Å². The van der Waals surface area contributed by atoms with Gasteiger partial charge in [-0.25, -0.2) is 14.8 Å². The van der Waals surface area contributed by atoms with Crippen LogP contribution in [0.2, 0.25) is 0 Å². The van der Waals surface area contributed by atoms with E-state index < -0.39 is 5.97 Å². The smallest absolute Gasteiger partial charge is 0.335 e. The number of hydrazone groups is 1. The molecule has 0 fully saturated rings. The molecule has 0 amide bonds. The number of carboxylic acid groups (broad SMARTS) is 1. The number of anilines is 1. The molecule has 2 aromatic carbocycles. The highest BCUT2D eigenvalue weighted by atomic mass is 32.1. The lowest BCUT2D eigenvalue weighted by Gasteiger charge is -2.01. The van der Waals surface area contributed by atoms with Gasteiger partial charge in [0.25, 0.3) is 0 Å². The molecule has 0 radical (unpaired) electrons. The van der Waals surface area contributed by atoms with Crippen LogP contribution in [0.4, 0.5) is 5.82 Å². The Bertz CT molecular complexity index is 1190. The van der Waals surface area contributed by atoms with Gasteiger partial charge >= 0.3 is 5.97 Å². The van der Waals surface area contributed by atoms with E-state index in [1.165, 1.54) is 18.5 Å². The first-order valence-corrected chi connectivity index (χ1v) is 9.47. The fourth-order valence-corrected chi connectivity index (χ4v) is 3.77. The molecule has 144 valence electrons. The molecule has 0 saturated carbocycles. The van der Waals surface area contributed by atoms with E-state index in [2.05, 4.69) is 20.5 Å². The average molecular weight is 404 g/mol. The average Bonchev–Trinajstić information content (AvgIpc) is 3.19. The summed E-state index contributed by atoms with van der Waals surface area (Å²) >= 11 is 1.57. The lowest BCUT2D eigenvalue weighted by molar-refractivity contribution is 0.0697. The summed E-state index contributed by atoms with van der Waals surface area (Å²) in [6.07, 6.45) is 3.10.